The molecule has 1 aliphatic rings. The number of nitrogens with zero attached hydrogens (tertiary/aromatic N) is 2. The highest BCUT2D eigenvalue weighted by Crippen LogP contribution is 2.37. The molecule has 188 valence electrons. The Labute approximate surface area is 217 Å². The molecular weight excluding hydrogens is 492 g/mol. The zero-order valence-electron chi connectivity index (χ0n) is 20.1. The van der Waals surface area contributed by atoms with Gasteiger partial charge >= 0.3 is 17.8 Å². The minimum Gasteiger partial charge on any atom is -0.494 e. The number of benzene rings is 2. The van der Waals surface area contributed by atoms with Crippen LogP contribution in [0.3, 0.4) is 0 Å². The molecule has 0 fully saturated rings. The number of nitrogens with one attached hydrogen (secondary N) is 2. The summed E-state index contributed by atoms with van der Waals surface area (Å²) in [6.45, 7) is 2.42. The van der Waals surface area contributed by atoms with E-state index in [0.717, 1.165) is 36.1 Å². The molecule has 0 atom stereocenters. The van der Waals surface area contributed by atoms with Gasteiger partial charge in [-0.15, -0.1) is 11.3 Å². The third-order valence-electron chi connectivity index (χ3n) is 5.59. The van der Waals surface area contributed by atoms with E-state index in [9.17, 15) is 19.6 Å². The molecule has 0 radical (unpaired) electrons. The van der Waals surface area contributed by atoms with Crippen molar-refractivity contribution in [1.29, 1.82) is 5.26 Å². The Morgan fingerprint density at radius 1 is 1.03 bits per heavy atom. The van der Waals surface area contributed by atoms with Gasteiger partial charge in [-0.25, -0.2) is 10.2 Å². The van der Waals surface area contributed by atoms with Crippen LogP contribution in [0, 0.1) is 11.3 Å². The van der Waals surface area contributed by atoms with Gasteiger partial charge in [-0.05, 0) is 92.3 Å². The van der Waals surface area contributed by atoms with Crippen molar-refractivity contribution in [2.24, 2.45) is 5.10 Å². The highest BCUT2D eigenvalue weighted by Gasteiger charge is 2.23. The summed E-state index contributed by atoms with van der Waals surface area (Å²) in [5.74, 6) is -1.35. The van der Waals surface area contributed by atoms with Crippen LogP contribution in [-0.2, 0) is 22.4 Å². The molecule has 0 unspecified atom stereocenters. The SMILES string of the molecule is CCOc1ccc(C(=O)Oc2ccc(C=NNC(=O)C(=O)Nc3sc4c(c3C#N)CCCC4)cc2)cc1. The normalized spacial score (nSPS) is 12.3. The maximum absolute atomic E-state index is 12.3. The quantitative estimate of drug-likeness (QED) is 0.159. The lowest BCUT2D eigenvalue weighted by molar-refractivity contribution is -0.136. The van der Waals surface area contributed by atoms with Crippen LogP contribution in [0.5, 0.6) is 11.5 Å². The second-order valence-electron chi connectivity index (χ2n) is 8.10. The van der Waals surface area contributed by atoms with Gasteiger partial charge in [-0.3, -0.25) is 9.59 Å². The Hall–Kier alpha value is -4.49. The summed E-state index contributed by atoms with van der Waals surface area (Å²) < 4.78 is 10.7. The van der Waals surface area contributed by atoms with Crippen LogP contribution < -0.4 is 20.2 Å². The lowest BCUT2D eigenvalue weighted by Gasteiger charge is -2.09. The number of hydrazone groups is 1. The van der Waals surface area contributed by atoms with Gasteiger partial charge in [-0.1, -0.05) is 0 Å². The monoisotopic (exact) mass is 516 g/mol. The predicted molar refractivity (Wildman–Crippen MR) is 139 cm³/mol. The zero-order valence-corrected chi connectivity index (χ0v) is 20.9. The van der Waals surface area contributed by atoms with Crippen LogP contribution in [0.2, 0.25) is 0 Å². The van der Waals surface area contributed by atoms with Crippen molar-refractivity contribution in [1.82, 2.24) is 5.43 Å². The van der Waals surface area contributed by atoms with E-state index < -0.39 is 17.8 Å². The molecule has 2 amide bonds. The molecule has 0 saturated heterocycles. The molecule has 3 aromatic rings. The number of ether oxygens (including phenoxy) is 2. The fraction of sp³-hybridized carbons (Fsp3) is 0.222. The summed E-state index contributed by atoms with van der Waals surface area (Å²) >= 11 is 1.35. The van der Waals surface area contributed by atoms with E-state index in [0.29, 0.717) is 39.8 Å². The largest absolute Gasteiger partial charge is 0.494 e. The van der Waals surface area contributed by atoms with Crippen molar-refractivity contribution in [2.45, 2.75) is 32.6 Å². The Bertz CT molecular complexity index is 1370. The first-order chi connectivity index (χ1) is 18.0. The molecule has 0 saturated carbocycles. The van der Waals surface area contributed by atoms with Gasteiger partial charge in [0.1, 0.15) is 22.6 Å². The Morgan fingerprint density at radius 3 is 2.43 bits per heavy atom. The van der Waals surface area contributed by atoms with Gasteiger partial charge in [0.2, 0.25) is 0 Å². The molecule has 10 heteroatoms. The van der Waals surface area contributed by atoms with Crippen molar-refractivity contribution in [3.8, 4) is 17.6 Å². The third kappa shape index (κ3) is 6.39. The highest BCUT2D eigenvalue weighted by atomic mass is 32.1. The van der Waals surface area contributed by atoms with Crippen LogP contribution in [0.25, 0.3) is 0 Å². The number of fused-ring (bicyclic) bond motifs is 1. The molecule has 2 aromatic carbocycles. The third-order valence-corrected chi connectivity index (χ3v) is 6.80. The van der Waals surface area contributed by atoms with Crippen LogP contribution in [-0.4, -0.2) is 30.6 Å². The molecule has 9 nitrogen and oxygen atoms in total. The first-order valence-electron chi connectivity index (χ1n) is 11.7. The Kier molecular flexibility index (Phi) is 8.28. The fourth-order valence-electron chi connectivity index (χ4n) is 3.79. The summed E-state index contributed by atoms with van der Waals surface area (Å²) in [6, 6.07) is 15.3. The van der Waals surface area contributed by atoms with Gasteiger partial charge in [0.25, 0.3) is 0 Å². The molecule has 1 aliphatic carbocycles. The summed E-state index contributed by atoms with van der Waals surface area (Å²) in [5, 5.41) is 16.2. The summed E-state index contributed by atoms with van der Waals surface area (Å²) in [7, 11) is 0. The number of aryl methyl sites for hydroxylation is 1. The molecule has 1 aromatic heterocycles. The average molecular weight is 517 g/mol. The lowest BCUT2D eigenvalue weighted by atomic mass is 9.96. The van der Waals surface area contributed by atoms with Crippen molar-refractivity contribution in [3.05, 3.63) is 75.7 Å². The standard InChI is InChI=1S/C27H24N4O5S/c1-2-35-19-13-9-18(10-14-19)27(34)36-20-11-7-17(8-12-20)16-29-31-25(33)24(32)30-26-22(15-28)21-5-3-4-6-23(21)37-26/h7-14,16H,2-6H2,1H3,(H,30,32)(H,31,33). The van der Waals surface area contributed by atoms with Gasteiger partial charge in [0.05, 0.1) is 23.9 Å². The van der Waals surface area contributed by atoms with Crippen LogP contribution in [0.1, 0.15) is 51.7 Å². The molecular formula is C27H24N4O5S. The van der Waals surface area contributed by atoms with E-state index in [2.05, 4.69) is 21.9 Å². The summed E-state index contributed by atoms with van der Waals surface area (Å²) in [6.07, 6.45) is 5.09. The number of hydrogen-bond acceptors (Lipinski definition) is 8. The van der Waals surface area contributed by atoms with Crippen LogP contribution in [0.4, 0.5) is 5.00 Å². The van der Waals surface area contributed by atoms with E-state index in [1.54, 1.807) is 48.5 Å². The van der Waals surface area contributed by atoms with E-state index in [-0.39, 0.29) is 0 Å². The highest BCUT2D eigenvalue weighted by molar-refractivity contribution is 7.16. The number of nitriles is 1. The number of esters is 1. The number of anilines is 1. The van der Waals surface area contributed by atoms with Gasteiger partial charge in [-0.2, -0.15) is 10.4 Å². The Balaban J connectivity index is 1.28. The van der Waals surface area contributed by atoms with Crippen LogP contribution >= 0.6 is 11.3 Å². The van der Waals surface area contributed by atoms with Crippen molar-refractivity contribution < 1.29 is 23.9 Å². The fourth-order valence-corrected chi connectivity index (χ4v) is 5.02. The number of rotatable bonds is 7. The van der Waals surface area contributed by atoms with Gasteiger partial charge < -0.3 is 14.8 Å². The van der Waals surface area contributed by atoms with Gasteiger partial charge in [0.15, 0.2) is 0 Å². The summed E-state index contributed by atoms with van der Waals surface area (Å²) in [4.78, 5) is 37.9. The molecule has 37 heavy (non-hydrogen) atoms. The Morgan fingerprint density at radius 2 is 1.73 bits per heavy atom. The number of thiophene rings is 1. The van der Waals surface area contributed by atoms with Crippen molar-refractivity contribution in [2.75, 3.05) is 11.9 Å². The smallest absolute Gasteiger partial charge is 0.343 e. The zero-order chi connectivity index (χ0) is 26.2. The average Bonchev–Trinajstić information content (AvgIpc) is 3.27. The second-order valence-corrected chi connectivity index (χ2v) is 9.20. The number of amides is 2. The van der Waals surface area contributed by atoms with E-state index >= 15 is 0 Å². The molecule has 1 heterocycles. The maximum Gasteiger partial charge on any atom is 0.343 e. The van der Waals surface area contributed by atoms with E-state index in [1.807, 2.05) is 6.92 Å². The topological polar surface area (TPSA) is 130 Å². The minimum absolute atomic E-state index is 0.339. The van der Waals surface area contributed by atoms with Crippen molar-refractivity contribution >= 4 is 40.3 Å². The first-order valence-corrected chi connectivity index (χ1v) is 12.5. The molecule has 0 spiro atoms. The van der Waals surface area contributed by atoms with E-state index in [4.69, 9.17) is 9.47 Å². The van der Waals surface area contributed by atoms with Crippen LogP contribution in [0.15, 0.2) is 53.6 Å². The molecule has 0 aliphatic heterocycles. The van der Waals surface area contributed by atoms with E-state index in [1.165, 1.54) is 17.6 Å². The molecule has 4 rings (SSSR count). The first kappa shape index (κ1) is 25.6. The minimum atomic E-state index is -0.951. The summed E-state index contributed by atoms with van der Waals surface area (Å²) in [5.41, 5.74) is 4.59. The molecule has 2 N–H and O–H groups in total. The number of carbonyl (C=O) groups excluding carboxylic acids is 3. The second kappa shape index (κ2) is 12.0. The maximum atomic E-state index is 12.3. The number of hydrogen-bond donors (Lipinski definition) is 2. The number of carbonyl (C=O) groups is 3. The molecule has 0 bridgehead atoms. The van der Waals surface area contributed by atoms with Gasteiger partial charge in [0, 0.05) is 4.88 Å². The van der Waals surface area contributed by atoms with Crippen molar-refractivity contribution in [3.63, 3.8) is 0 Å². The predicted octanol–water partition coefficient (Wildman–Crippen LogP) is 4.21. The lowest BCUT2D eigenvalue weighted by Crippen LogP contribution is -2.32.